The van der Waals surface area contributed by atoms with Crippen LogP contribution >= 0.6 is 47.3 Å². The summed E-state index contributed by atoms with van der Waals surface area (Å²) in [4.78, 5) is 27.0. The van der Waals surface area contributed by atoms with Gasteiger partial charge in [0.2, 0.25) is 11.8 Å². The minimum absolute atomic E-state index is 0.116. The summed E-state index contributed by atoms with van der Waals surface area (Å²) in [5, 5.41) is 9.39. The van der Waals surface area contributed by atoms with Crippen LogP contribution in [0.1, 0.15) is 0 Å². The quantitative estimate of drug-likeness (QED) is 0.528. The minimum Gasteiger partial charge on any atom is -0.495 e. The highest BCUT2D eigenvalue weighted by molar-refractivity contribution is 8.24. The predicted octanol–water partition coefficient (Wildman–Crippen LogP) is 3.26. The van der Waals surface area contributed by atoms with Gasteiger partial charge in [0.05, 0.1) is 18.6 Å². The van der Waals surface area contributed by atoms with E-state index < -0.39 is 5.50 Å². The number of carbonyl (C=O) groups excluding carboxylic acids is 2. The van der Waals surface area contributed by atoms with Crippen LogP contribution in [0.2, 0.25) is 5.02 Å². The Balaban J connectivity index is 1.40. The first kappa shape index (κ1) is 22.2. The number of methoxy groups -OCH3 is 1. The van der Waals surface area contributed by atoms with Crippen LogP contribution in [0.3, 0.4) is 0 Å². The van der Waals surface area contributed by atoms with E-state index in [9.17, 15) is 9.59 Å². The summed E-state index contributed by atoms with van der Waals surface area (Å²) >= 11 is 14.2. The number of ether oxygens (including phenoxy) is 1. The molecule has 2 fully saturated rings. The minimum atomic E-state index is -0.437. The number of thioether (sulfide) groups is 2. The van der Waals surface area contributed by atoms with E-state index in [0.717, 1.165) is 5.69 Å². The van der Waals surface area contributed by atoms with Gasteiger partial charge < -0.3 is 20.3 Å². The van der Waals surface area contributed by atoms with Crippen molar-refractivity contribution < 1.29 is 14.3 Å². The van der Waals surface area contributed by atoms with Gasteiger partial charge in [0.15, 0.2) is 0 Å². The van der Waals surface area contributed by atoms with Crippen molar-refractivity contribution in [3.63, 3.8) is 0 Å². The van der Waals surface area contributed by atoms with Crippen molar-refractivity contribution in [2.75, 3.05) is 23.1 Å². The molecule has 3 unspecified atom stereocenters. The highest BCUT2D eigenvalue weighted by Crippen LogP contribution is 2.37. The van der Waals surface area contributed by atoms with Crippen LogP contribution in [0.25, 0.3) is 0 Å². The van der Waals surface area contributed by atoms with Crippen LogP contribution in [0.4, 0.5) is 11.4 Å². The molecule has 0 bridgehead atoms. The second kappa shape index (κ2) is 9.66. The Bertz CT molecular complexity index is 1010. The molecule has 11 heteroatoms. The SMILES string of the molecule is COc1ccccc1NC(=O)CSC1NC(=O)C2SC(=S)N(c3ccc(Cl)cc3)C2N1. The molecule has 2 aromatic rings. The van der Waals surface area contributed by atoms with Gasteiger partial charge in [-0.05, 0) is 36.4 Å². The van der Waals surface area contributed by atoms with Gasteiger partial charge in [0, 0.05) is 10.7 Å². The number of amides is 2. The van der Waals surface area contributed by atoms with Crippen LogP contribution in [-0.4, -0.2) is 45.9 Å². The van der Waals surface area contributed by atoms with Crippen molar-refractivity contribution in [1.29, 1.82) is 0 Å². The van der Waals surface area contributed by atoms with E-state index in [1.54, 1.807) is 31.4 Å². The first-order chi connectivity index (χ1) is 15.0. The molecule has 2 saturated heterocycles. The topological polar surface area (TPSA) is 82.7 Å². The number of nitrogens with one attached hydrogen (secondary N) is 3. The predicted molar refractivity (Wildman–Crippen MR) is 131 cm³/mol. The molecule has 2 aromatic carbocycles. The zero-order valence-corrected chi connectivity index (χ0v) is 19.5. The Morgan fingerprint density at radius 3 is 2.77 bits per heavy atom. The number of thiocarbonyl (C=S) groups is 1. The maximum atomic E-state index is 12.7. The summed E-state index contributed by atoms with van der Waals surface area (Å²) < 4.78 is 5.86. The molecule has 3 atom stereocenters. The summed E-state index contributed by atoms with van der Waals surface area (Å²) in [7, 11) is 1.55. The lowest BCUT2D eigenvalue weighted by Crippen LogP contribution is -2.64. The highest BCUT2D eigenvalue weighted by Gasteiger charge is 2.47. The number of anilines is 2. The lowest BCUT2D eigenvalue weighted by Gasteiger charge is -2.36. The monoisotopic (exact) mass is 494 g/mol. The van der Waals surface area contributed by atoms with E-state index in [0.29, 0.717) is 20.8 Å². The fourth-order valence-electron chi connectivity index (χ4n) is 3.30. The molecule has 3 N–H and O–H groups in total. The molecule has 0 aliphatic carbocycles. The van der Waals surface area contributed by atoms with E-state index >= 15 is 0 Å². The number of para-hydroxylation sites is 2. The number of nitrogens with zero attached hydrogens (tertiary/aromatic N) is 1. The molecule has 2 amide bonds. The van der Waals surface area contributed by atoms with E-state index in [2.05, 4.69) is 16.0 Å². The van der Waals surface area contributed by atoms with Gasteiger partial charge in [-0.1, -0.05) is 47.7 Å². The van der Waals surface area contributed by atoms with Crippen LogP contribution in [0.5, 0.6) is 5.75 Å². The van der Waals surface area contributed by atoms with Crippen molar-refractivity contribution in [2.24, 2.45) is 0 Å². The molecule has 4 rings (SSSR count). The fraction of sp³-hybridized carbons (Fsp3) is 0.250. The largest absolute Gasteiger partial charge is 0.495 e. The Hall–Kier alpha value is -1.98. The van der Waals surface area contributed by atoms with Crippen LogP contribution < -0.4 is 25.6 Å². The summed E-state index contributed by atoms with van der Waals surface area (Å²) in [6.45, 7) is 0. The average Bonchev–Trinajstić information content (AvgIpc) is 3.10. The average molecular weight is 495 g/mol. The van der Waals surface area contributed by atoms with Crippen molar-refractivity contribution in [3.8, 4) is 5.75 Å². The van der Waals surface area contributed by atoms with Crippen molar-refractivity contribution in [3.05, 3.63) is 53.6 Å². The van der Waals surface area contributed by atoms with E-state index in [-0.39, 0.29) is 29.0 Å². The molecule has 2 aliphatic rings. The van der Waals surface area contributed by atoms with Gasteiger partial charge in [0.1, 0.15) is 27.0 Å². The molecule has 2 heterocycles. The Morgan fingerprint density at radius 2 is 2.03 bits per heavy atom. The molecule has 162 valence electrons. The normalized spacial score (nSPS) is 22.6. The molecule has 0 spiro atoms. The number of hydrogen-bond acceptors (Lipinski definition) is 7. The standard InChI is InChI=1S/C20H19ClN4O3S3/c1-28-14-5-3-2-4-13(14)22-15(26)10-30-19-23-17-16(18(27)24-19)31-20(29)25(17)12-8-6-11(21)7-9-12/h2-9,16-17,19,23H,10H2,1H3,(H,22,26)(H,24,27). The van der Waals surface area contributed by atoms with Crippen molar-refractivity contribution in [2.45, 2.75) is 16.9 Å². The van der Waals surface area contributed by atoms with Crippen LogP contribution in [0, 0.1) is 0 Å². The lowest BCUT2D eigenvalue weighted by molar-refractivity contribution is -0.122. The number of halogens is 1. The number of hydrogen-bond donors (Lipinski definition) is 3. The summed E-state index contributed by atoms with van der Waals surface area (Å²) in [6.07, 6.45) is -0.317. The Morgan fingerprint density at radius 1 is 1.29 bits per heavy atom. The third-order valence-electron chi connectivity index (χ3n) is 4.71. The molecule has 0 aromatic heterocycles. The first-order valence-electron chi connectivity index (χ1n) is 9.32. The third-order valence-corrected chi connectivity index (χ3v) is 7.59. The van der Waals surface area contributed by atoms with Crippen molar-refractivity contribution >= 4 is 74.9 Å². The zero-order valence-electron chi connectivity index (χ0n) is 16.3. The molecule has 7 nitrogen and oxygen atoms in total. The molecule has 2 aliphatic heterocycles. The molecule has 0 saturated carbocycles. The van der Waals surface area contributed by atoms with Crippen molar-refractivity contribution in [1.82, 2.24) is 10.6 Å². The zero-order chi connectivity index (χ0) is 22.0. The Labute approximate surface area is 198 Å². The van der Waals surface area contributed by atoms with Gasteiger partial charge in [-0.3, -0.25) is 14.9 Å². The Kier molecular flexibility index (Phi) is 6.92. The van der Waals surface area contributed by atoms with Gasteiger partial charge in [-0.2, -0.15) is 0 Å². The van der Waals surface area contributed by atoms with Gasteiger partial charge in [-0.25, -0.2) is 0 Å². The molecule has 31 heavy (non-hydrogen) atoms. The van der Waals surface area contributed by atoms with E-state index in [1.807, 2.05) is 29.2 Å². The maximum Gasteiger partial charge on any atom is 0.238 e. The van der Waals surface area contributed by atoms with Gasteiger partial charge in [-0.15, -0.1) is 11.8 Å². The molecule has 0 radical (unpaired) electrons. The highest BCUT2D eigenvalue weighted by atomic mass is 35.5. The maximum absolute atomic E-state index is 12.7. The van der Waals surface area contributed by atoms with E-state index in [1.165, 1.54) is 23.5 Å². The van der Waals surface area contributed by atoms with Crippen LogP contribution in [-0.2, 0) is 9.59 Å². The number of fused-ring (bicyclic) bond motifs is 1. The van der Waals surface area contributed by atoms with E-state index in [4.69, 9.17) is 28.6 Å². The lowest BCUT2D eigenvalue weighted by atomic mass is 10.2. The first-order valence-corrected chi connectivity index (χ1v) is 12.0. The molecular weight excluding hydrogens is 476 g/mol. The second-order valence-corrected chi connectivity index (χ2v) is 10.0. The summed E-state index contributed by atoms with van der Waals surface area (Å²) in [6, 6.07) is 14.5. The number of benzene rings is 2. The number of carbonyl (C=O) groups is 2. The smallest absolute Gasteiger partial charge is 0.238 e. The fourth-order valence-corrected chi connectivity index (χ4v) is 5.83. The summed E-state index contributed by atoms with van der Waals surface area (Å²) in [5.74, 6) is 0.419. The number of rotatable bonds is 6. The summed E-state index contributed by atoms with van der Waals surface area (Å²) in [5.41, 5.74) is 1.02. The second-order valence-electron chi connectivity index (χ2n) is 6.71. The third kappa shape index (κ3) is 4.93. The molecular formula is C20H19ClN4O3S3. The van der Waals surface area contributed by atoms with Gasteiger partial charge in [0.25, 0.3) is 0 Å². The van der Waals surface area contributed by atoms with Gasteiger partial charge >= 0.3 is 0 Å². The van der Waals surface area contributed by atoms with Crippen LogP contribution in [0.15, 0.2) is 48.5 Å².